The van der Waals surface area contributed by atoms with Gasteiger partial charge in [-0.25, -0.2) is 4.98 Å². The fourth-order valence-corrected chi connectivity index (χ4v) is 1.44. The van der Waals surface area contributed by atoms with E-state index in [4.69, 9.17) is 0 Å². The Labute approximate surface area is 87.4 Å². The Morgan fingerprint density at radius 1 is 1.38 bits per heavy atom. The Balaban J connectivity index is 2.99. The average Bonchev–Trinajstić information content (AvgIpc) is 2.17. The largest absolute Gasteiger partial charge is 0.432 e. The molecule has 0 bridgehead atoms. The van der Waals surface area contributed by atoms with Gasteiger partial charge in [0.05, 0.1) is 0 Å². The van der Waals surface area contributed by atoms with Crippen LogP contribution in [0.4, 0.5) is 13.2 Å². The van der Waals surface area contributed by atoms with Crippen LogP contribution in [0.5, 0.6) is 0 Å². The zero-order valence-corrected chi connectivity index (χ0v) is 8.12. The summed E-state index contributed by atoms with van der Waals surface area (Å²) in [5.74, 6) is 0. The number of nitrogens with zero attached hydrogens (tertiary/aromatic N) is 3. The van der Waals surface area contributed by atoms with Crippen molar-refractivity contribution in [1.82, 2.24) is 14.4 Å². The third kappa shape index (κ3) is 1.54. The minimum absolute atomic E-state index is 0.0714. The highest BCUT2D eigenvalue weighted by Gasteiger charge is 2.36. The Morgan fingerprint density at radius 3 is 2.69 bits per heavy atom. The summed E-state index contributed by atoms with van der Waals surface area (Å²) >= 11 is 0. The van der Waals surface area contributed by atoms with Crippen LogP contribution >= 0.6 is 0 Å². The quantitative estimate of drug-likeness (QED) is 0.686. The maximum absolute atomic E-state index is 12.7. The molecule has 2 aromatic rings. The smallest absolute Gasteiger partial charge is 0.280 e. The molecule has 0 aliphatic heterocycles. The van der Waals surface area contributed by atoms with E-state index in [9.17, 15) is 18.0 Å². The van der Waals surface area contributed by atoms with Gasteiger partial charge in [-0.2, -0.15) is 18.2 Å². The average molecular weight is 229 g/mol. The minimum Gasteiger partial charge on any atom is -0.280 e. The Morgan fingerprint density at radius 2 is 2.06 bits per heavy atom. The molecule has 2 aromatic heterocycles. The molecular weight excluding hydrogens is 223 g/mol. The molecule has 0 N–H and O–H groups in total. The zero-order valence-electron chi connectivity index (χ0n) is 8.12. The second-order valence-corrected chi connectivity index (χ2v) is 3.20. The number of aromatic nitrogens is 3. The topological polar surface area (TPSA) is 47.3 Å². The lowest BCUT2D eigenvalue weighted by Gasteiger charge is -2.12. The lowest BCUT2D eigenvalue weighted by atomic mass is 10.2. The third-order valence-corrected chi connectivity index (χ3v) is 2.14. The first-order valence-corrected chi connectivity index (χ1v) is 4.31. The van der Waals surface area contributed by atoms with Crippen LogP contribution in [0.1, 0.15) is 11.3 Å². The lowest BCUT2D eigenvalue weighted by Crippen LogP contribution is -2.23. The van der Waals surface area contributed by atoms with Crippen LogP contribution in [0.15, 0.2) is 23.4 Å². The Bertz CT molecular complexity index is 603. The molecule has 0 amide bonds. The predicted octanol–water partition coefficient (Wildman–Crippen LogP) is 1.42. The van der Waals surface area contributed by atoms with E-state index in [1.807, 2.05) is 0 Å². The molecule has 2 rings (SSSR count). The van der Waals surface area contributed by atoms with Gasteiger partial charge in [-0.3, -0.25) is 9.20 Å². The Kier molecular flexibility index (Phi) is 2.18. The SMILES string of the molecule is Cc1c(C(F)(F)F)n2cnccc2nc1=O. The number of alkyl halides is 3. The van der Waals surface area contributed by atoms with Gasteiger partial charge in [0.25, 0.3) is 5.56 Å². The fraction of sp³-hybridized carbons (Fsp3) is 0.222. The standard InChI is InChI=1S/C9H6F3N3O/c1-5-7(9(10,11)12)15-4-13-3-2-6(15)14-8(5)16/h2-4H,1H3. The molecule has 7 heteroatoms. The van der Waals surface area contributed by atoms with Crippen LogP contribution in [0, 0.1) is 6.92 Å². The summed E-state index contributed by atoms with van der Waals surface area (Å²) in [6.07, 6.45) is -2.35. The molecule has 0 atom stereocenters. The van der Waals surface area contributed by atoms with E-state index >= 15 is 0 Å². The first-order valence-electron chi connectivity index (χ1n) is 4.31. The van der Waals surface area contributed by atoms with Crippen molar-refractivity contribution >= 4 is 5.65 Å². The van der Waals surface area contributed by atoms with Gasteiger partial charge >= 0.3 is 6.18 Å². The van der Waals surface area contributed by atoms with Crippen molar-refractivity contribution in [3.8, 4) is 0 Å². The van der Waals surface area contributed by atoms with Gasteiger partial charge in [0.1, 0.15) is 17.7 Å². The van der Waals surface area contributed by atoms with Crippen molar-refractivity contribution in [3.63, 3.8) is 0 Å². The summed E-state index contributed by atoms with van der Waals surface area (Å²) < 4.78 is 39.0. The normalized spacial score (nSPS) is 12.0. The molecule has 0 radical (unpaired) electrons. The molecule has 0 fully saturated rings. The molecule has 4 nitrogen and oxygen atoms in total. The molecule has 0 saturated heterocycles. The highest BCUT2D eigenvalue weighted by atomic mass is 19.4. The van der Waals surface area contributed by atoms with Crippen molar-refractivity contribution in [2.75, 3.05) is 0 Å². The van der Waals surface area contributed by atoms with Crippen LogP contribution < -0.4 is 5.56 Å². The summed E-state index contributed by atoms with van der Waals surface area (Å²) in [4.78, 5) is 18.4. The van der Waals surface area contributed by atoms with Crippen LogP contribution in [0.3, 0.4) is 0 Å². The van der Waals surface area contributed by atoms with E-state index in [0.717, 1.165) is 17.7 Å². The van der Waals surface area contributed by atoms with Crippen molar-refractivity contribution in [1.29, 1.82) is 0 Å². The number of rotatable bonds is 0. The van der Waals surface area contributed by atoms with Crippen LogP contribution in [-0.4, -0.2) is 14.4 Å². The van der Waals surface area contributed by atoms with E-state index in [-0.39, 0.29) is 5.65 Å². The van der Waals surface area contributed by atoms with Crippen molar-refractivity contribution < 1.29 is 13.2 Å². The van der Waals surface area contributed by atoms with E-state index in [0.29, 0.717) is 0 Å². The van der Waals surface area contributed by atoms with Gasteiger partial charge in [0, 0.05) is 11.8 Å². The Hall–Kier alpha value is -1.92. The van der Waals surface area contributed by atoms with E-state index in [1.165, 1.54) is 12.3 Å². The highest BCUT2D eigenvalue weighted by Crippen LogP contribution is 2.30. The summed E-state index contributed by atoms with van der Waals surface area (Å²) in [6.45, 7) is 1.09. The molecule has 84 valence electrons. The van der Waals surface area contributed by atoms with Crippen molar-refractivity contribution in [2.45, 2.75) is 13.1 Å². The molecule has 0 unspecified atom stereocenters. The van der Waals surface area contributed by atoms with Crippen molar-refractivity contribution in [3.05, 3.63) is 40.2 Å². The van der Waals surface area contributed by atoms with E-state index in [2.05, 4.69) is 9.97 Å². The molecule has 0 aromatic carbocycles. The molecule has 16 heavy (non-hydrogen) atoms. The number of fused-ring (bicyclic) bond motifs is 1. The number of halogens is 3. The maximum Gasteiger partial charge on any atom is 0.432 e. The van der Waals surface area contributed by atoms with E-state index < -0.39 is 23.0 Å². The third-order valence-electron chi connectivity index (χ3n) is 2.14. The van der Waals surface area contributed by atoms with Gasteiger partial charge in [-0.15, -0.1) is 0 Å². The van der Waals surface area contributed by atoms with Gasteiger partial charge < -0.3 is 0 Å². The van der Waals surface area contributed by atoms with E-state index in [1.54, 1.807) is 0 Å². The second-order valence-electron chi connectivity index (χ2n) is 3.20. The second kappa shape index (κ2) is 3.29. The van der Waals surface area contributed by atoms with Crippen molar-refractivity contribution in [2.24, 2.45) is 0 Å². The summed E-state index contributed by atoms with van der Waals surface area (Å²) in [7, 11) is 0. The number of hydrogen-bond acceptors (Lipinski definition) is 3. The molecule has 0 aliphatic carbocycles. The number of hydrogen-bond donors (Lipinski definition) is 0. The molecule has 0 aliphatic rings. The highest BCUT2D eigenvalue weighted by molar-refractivity contribution is 5.40. The van der Waals surface area contributed by atoms with Crippen LogP contribution in [0.2, 0.25) is 0 Å². The monoisotopic (exact) mass is 229 g/mol. The van der Waals surface area contributed by atoms with Gasteiger partial charge in [-0.05, 0) is 13.0 Å². The molecule has 0 saturated carbocycles. The molecular formula is C9H6F3N3O. The summed E-state index contributed by atoms with van der Waals surface area (Å²) in [5, 5.41) is 0. The first kappa shape index (κ1) is 10.6. The minimum atomic E-state index is -4.61. The van der Waals surface area contributed by atoms with Crippen LogP contribution in [-0.2, 0) is 6.18 Å². The predicted molar refractivity (Wildman–Crippen MR) is 49.0 cm³/mol. The van der Waals surface area contributed by atoms with Gasteiger partial charge in [-0.1, -0.05) is 0 Å². The van der Waals surface area contributed by atoms with Gasteiger partial charge in [0.2, 0.25) is 0 Å². The lowest BCUT2D eigenvalue weighted by molar-refractivity contribution is -0.142. The fourth-order valence-electron chi connectivity index (χ4n) is 1.44. The molecule has 2 heterocycles. The summed E-state index contributed by atoms with van der Waals surface area (Å²) in [6, 6.07) is 1.25. The summed E-state index contributed by atoms with van der Waals surface area (Å²) in [5.41, 5.74) is -2.41. The first-order chi connectivity index (χ1) is 7.41. The zero-order chi connectivity index (χ0) is 11.9. The molecule has 0 spiro atoms. The maximum atomic E-state index is 12.7. The van der Waals surface area contributed by atoms with Gasteiger partial charge in [0.15, 0.2) is 0 Å². The van der Waals surface area contributed by atoms with Crippen LogP contribution in [0.25, 0.3) is 5.65 Å².